The zero-order chi connectivity index (χ0) is 15.7. The molecule has 0 aliphatic rings. The van der Waals surface area contributed by atoms with Gasteiger partial charge in [-0.1, -0.05) is 42.5 Å². The maximum atomic E-state index is 5.88. The smallest absolute Gasteiger partial charge is 0.161 e. The summed E-state index contributed by atoms with van der Waals surface area (Å²) in [5.41, 5.74) is 2.27. The van der Waals surface area contributed by atoms with Gasteiger partial charge in [0.2, 0.25) is 0 Å². The lowest BCUT2D eigenvalue weighted by molar-refractivity contribution is 0.259. The summed E-state index contributed by atoms with van der Waals surface area (Å²) < 4.78 is 11.7. The average molecular weight is 308 g/mol. The summed E-state index contributed by atoms with van der Waals surface area (Å²) in [7, 11) is 0. The van der Waals surface area contributed by atoms with Gasteiger partial charge in [0.25, 0.3) is 0 Å². The number of aromatic nitrogens is 2. The summed E-state index contributed by atoms with van der Waals surface area (Å²) in [5, 5.41) is 0. The number of ether oxygens (including phenoxy) is 2. The Morgan fingerprint density at radius 3 is 2.35 bits per heavy atom. The lowest BCUT2D eigenvalue weighted by atomic mass is 10.2. The molecule has 3 rings (SSSR count). The van der Waals surface area contributed by atoms with Crippen LogP contribution in [-0.4, -0.2) is 16.6 Å². The Labute approximate surface area is 136 Å². The summed E-state index contributed by atoms with van der Waals surface area (Å²) in [6, 6.07) is 17.9. The van der Waals surface area contributed by atoms with Crippen molar-refractivity contribution >= 4 is 0 Å². The third kappa shape index (κ3) is 4.61. The molecule has 0 spiro atoms. The van der Waals surface area contributed by atoms with Crippen molar-refractivity contribution < 1.29 is 9.47 Å². The molecule has 0 saturated carbocycles. The number of nitrogens with zero attached hydrogens (tertiary/aromatic N) is 1. The van der Waals surface area contributed by atoms with Gasteiger partial charge in [0.1, 0.15) is 6.61 Å². The van der Waals surface area contributed by atoms with E-state index in [0.29, 0.717) is 13.2 Å². The molecule has 4 nitrogen and oxygen atoms in total. The van der Waals surface area contributed by atoms with Gasteiger partial charge in [-0.25, -0.2) is 4.98 Å². The highest BCUT2D eigenvalue weighted by molar-refractivity contribution is 5.39. The van der Waals surface area contributed by atoms with Crippen molar-refractivity contribution in [2.45, 2.75) is 19.4 Å². The molecular weight excluding hydrogens is 288 g/mol. The topological polar surface area (TPSA) is 47.1 Å². The minimum Gasteiger partial charge on any atom is -0.490 e. The highest BCUT2D eigenvalue weighted by Gasteiger charge is 2.05. The molecule has 0 amide bonds. The molecule has 23 heavy (non-hydrogen) atoms. The number of rotatable bonds is 8. The summed E-state index contributed by atoms with van der Waals surface area (Å²) in [5.74, 6) is 1.56. The molecule has 1 N–H and O–H groups in total. The third-order valence-electron chi connectivity index (χ3n) is 3.49. The van der Waals surface area contributed by atoms with E-state index in [4.69, 9.17) is 9.47 Å². The largest absolute Gasteiger partial charge is 0.490 e. The predicted molar refractivity (Wildman–Crippen MR) is 89.6 cm³/mol. The molecule has 0 unspecified atom stereocenters. The van der Waals surface area contributed by atoms with Crippen LogP contribution in [0.25, 0.3) is 0 Å². The normalized spacial score (nSPS) is 10.4. The van der Waals surface area contributed by atoms with E-state index in [-0.39, 0.29) is 0 Å². The Balaban J connectivity index is 1.51. The molecule has 0 saturated heterocycles. The summed E-state index contributed by atoms with van der Waals surface area (Å²) in [4.78, 5) is 7.10. The van der Waals surface area contributed by atoms with Crippen LogP contribution >= 0.6 is 0 Å². The van der Waals surface area contributed by atoms with Crippen molar-refractivity contribution in [3.63, 3.8) is 0 Å². The number of hydrogen-bond donors (Lipinski definition) is 1. The fraction of sp³-hybridized carbons (Fsp3) is 0.211. The number of para-hydroxylation sites is 2. The number of H-pyrrole nitrogens is 1. The van der Waals surface area contributed by atoms with Crippen LogP contribution in [0.3, 0.4) is 0 Å². The van der Waals surface area contributed by atoms with Crippen LogP contribution in [0.5, 0.6) is 11.5 Å². The fourth-order valence-electron chi connectivity index (χ4n) is 2.29. The number of benzene rings is 2. The maximum Gasteiger partial charge on any atom is 0.161 e. The average Bonchev–Trinajstić information content (AvgIpc) is 3.12. The first-order valence-corrected chi connectivity index (χ1v) is 7.77. The molecule has 0 atom stereocenters. The van der Waals surface area contributed by atoms with E-state index in [0.717, 1.165) is 35.6 Å². The van der Waals surface area contributed by atoms with E-state index in [2.05, 4.69) is 9.97 Å². The number of imidazole rings is 1. The maximum absolute atomic E-state index is 5.88. The summed E-state index contributed by atoms with van der Waals surface area (Å²) in [6.07, 6.45) is 5.39. The Morgan fingerprint density at radius 1 is 0.870 bits per heavy atom. The molecule has 0 fully saturated rings. The Kier molecular flexibility index (Phi) is 5.29. The van der Waals surface area contributed by atoms with Gasteiger partial charge < -0.3 is 14.5 Å². The molecule has 3 aromatic rings. The molecule has 4 heteroatoms. The van der Waals surface area contributed by atoms with E-state index in [1.165, 1.54) is 0 Å². The molecule has 118 valence electrons. The van der Waals surface area contributed by atoms with Gasteiger partial charge in [0.05, 0.1) is 12.9 Å². The first-order valence-electron chi connectivity index (χ1n) is 7.77. The Morgan fingerprint density at radius 2 is 1.61 bits per heavy atom. The SMILES string of the molecule is c1ccc(COc2ccccc2OCCCc2cnc[nH]2)cc1. The van der Waals surface area contributed by atoms with Crippen molar-refractivity contribution in [3.8, 4) is 11.5 Å². The van der Waals surface area contributed by atoms with Gasteiger partial charge in [-0.15, -0.1) is 0 Å². The van der Waals surface area contributed by atoms with Gasteiger partial charge in [-0.2, -0.15) is 0 Å². The van der Waals surface area contributed by atoms with Crippen LogP contribution < -0.4 is 9.47 Å². The highest BCUT2D eigenvalue weighted by Crippen LogP contribution is 2.27. The van der Waals surface area contributed by atoms with E-state index >= 15 is 0 Å². The minimum absolute atomic E-state index is 0.537. The zero-order valence-corrected chi connectivity index (χ0v) is 12.9. The standard InChI is InChI=1S/C19H20N2O2/c1-2-7-16(8-3-1)14-23-19-11-5-4-10-18(19)22-12-6-9-17-13-20-15-21-17/h1-5,7-8,10-11,13,15H,6,9,12,14H2,(H,20,21). The first-order chi connectivity index (χ1) is 11.4. The van der Waals surface area contributed by atoms with Crippen molar-refractivity contribution in [2.75, 3.05) is 6.61 Å². The zero-order valence-electron chi connectivity index (χ0n) is 12.9. The first kappa shape index (κ1) is 15.2. The van der Waals surface area contributed by atoms with E-state index in [9.17, 15) is 0 Å². The van der Waals surface area contributed by atoms with E-state index in [1.807, 2.05) is 60.8 Å². The molecule has 0 aliphatic carbocycles. The molecule has 1 aromatic heterocycles. The Hall–Kier alpha value is -2.75. The summed E-state index contributed by atoms with van der Waals surface area (Å²) >= 11 is 0. The monoisotopic (exact) mass is 308 g/mol. The van der Waals surface area contributed by atoms with Gasteiger partial charge in [0, 0.05) is 11.9 Å². The lowest BCUT2D eigenvalue weighted by Crippen LogP contribution is -2.02. The lowest BCUT2D eigenvalue weighted by Gasteiger charge is -2.12. The predicted octanol–water partition coefficient (Wildman–Crippen LogP) is 4.00. The Bertz CT molecular complexity index is 696. The van der Waals surface area contributed by atoms with Crippen LogP contribution in [-0.2, 0) is 13.0 Å². The summed E-state index contributed by atoms with van der Waals surface area (Å²) in [6.45, 7) is 1.18. The van der Waals surface area contributed by atoms with Gasteiger partial charge in [0.15, 0.2) is 11.5 Å². The van der Waals surface area contributed by atoms with Crippen LogP contribution in [0.15, 0.2) is 67.1 Å². The van der Waals surface area contributed by atoms with Gasteiger partial charge in [-0.3, -0.25) is 0 Å². The number of aromatic amines is 1. The van der Waals surface area contributed by atoms with Crippen LogP contribution in [0.4, 0.5) is 0 Å². The fourth-order valence-corrected chi connectivity index (χ4v) is 2.29. The molecular formula is C19H20N2O2. The van der Waals surface area contributed by atoms with Crippen molar-refractivity contribution in [2.24, 2.45) is 0 Å². The number of hydrogen-bond acceptors (Lipinski definition) is 3. The van der Waals surface area contributed by atoms with Crippen molar-refractivity contribution in [1.82, 2.24) is 9.97 Å². The highest BCUT2D eigenvalue weighted by atomic mass is 16.5. The van der Waals surface area contributed by atoms with Crippen molar-refractivity contribution in [1.29, 1.82) is 0 Å². The molecule has 0 aliphatic heterocycles. The van der Waals surface area contributed by atoms with Gasteiger partial charge in [-0.05, 0) is 30.5 Å². The second kappa shape index (κ2) is 8.03. The van der Waals surface area contributed by atoms with E-state index in [1.54, 1.807) is 6.33 Å². The molecule has 2 aromatic carbocycles. The van der Waals surface area contributed by atoms with E-state index < -0.39 is 0 Å². The molecule has 0 bridgehead atoms. The van der Waals surface area contributed by atoms with Crippen LogP contribution in [0.1, 0.15) is 17.7 Å². The second-order valence-corrected chi connectivity index (χ2v) is 5.25. The molecule has 0 radical (unpaired) electrons. The number of nitrogens with one attached hydrogen (secondary N) is 1. The van der Waals surface area contributed by atoms with Crippen LogP contribution in [0, 0.1) is 0 Å². The van der Waals surface area contributed by atoms with Gasteiger partial charge >= 0.3 is 0 Å². The van der Waals surface area contributed by atoms with Crippen molar-refractivity contribution in [3.05, 3.63) is 78.4 Å². The molecule has 1 heterocycles. The number of aryl methyl sites for hydroxylation is 1. The van der Waals surface area contributed by atoms with Crippen LogP contribution in [0.2, 0.25) is 0 Å². The second-order valence-electron chi connectivity index (χ2n) is 5.25. The minimum atomic E-state index is 0.537. The third-order valence-corrected chi connectivity index (χ3v) is 3.49. The quantitative estimate of drug-likeness (QED) is 0.640.